The molecule has 4 aromatic carbocycles. The van der Waals surface area contributed by atoms with Gasteiger partial charge in [-0.3, -0.25) is 0 Å². The molecule has 150 valence electrons. The number of nitrogens with zero attached hydrogens (tertiary/aromatic N) is 1. The first-order valence-electron chi connectivity index (χ1n) is 10.2. The number of rotatable bonds is 3. The molecule has 4 aromatic rings. The molecule has 0 saturated carbocycles. The van der Waals surface area contributed by atoms with E-state index in [0.717, 1.165) is 27.5 Å². The maximum absolute atomic E-state index is 13.7. The van der Waals surface area contributed by atoms with E-state index in [1.807, 2.05) is 49.4 Å². The van der Waals surface area contributed by atoms with Crippen molar-refractivity contribution in [3.8, 4) is 0 Å². The zero-order valence-electron chi connectivity index (χ0n) is 16.8. The van der Waals surface area contributed by atoms with E-state index >= 15 is 0 Å². The standard InChI is InChI=1S/C26H23NO2S/c1-19-10-14-25(15-11-19)30(28,29)27-18-24-9-5-4-8-22(24)17-26(27)23-13-12-20-6-2-3-7-21(20)16-23/h2-16,26H,17-18H2,1H3. The minimum absolute atomic E-state index is 0.240. The second kappa shape index (κ2) is 7.38. The van der Waals surface area contributed by atoms with Gasteiger partial charge in [-0.25, -0.2) is 8.42 Å². The van der Waals surface area contributed by atoms with Gasteiger partial charge in [-0.1, -0.05) is 78.4 Å². The fraction of sp³-hybridized carbons (Fsp3) is 0.154. The molecule has 0 amide bonds. The molecule has 1 unspecified atom stereocenters. The molecule has 0 bridgehead atoms. The van der Waals surface area contributed by atoms with Gasteiger partial charge in [-0.05, 0) is 59.0 Å². The maximum atomic E-state index is 13.7. The number of benzene rings is 4. The molecular weight excluding hydrogens is 390 g/mol. The van der Waals surface area contributed by atoms with Gasteiger partial charge in [0.05, 0.1) is 10.9 Å². The van der Waals surface area contributed by atoms with Gasteiger partial charge in [-0.15, -0.1) is 0 Å². The fourth-order valence-corrected chi connectivity index (χ4v) is 5.89. The van der Waals surface area contributed by atoms with E-state index in [9.17, 15) is 8.42 Å². The molecule has 0 aromatic heterocycles. The van der Waals surface area contributed by atoms with E-state index in [0.29, 0.717) is 17.9 Å². The first-order chi connectivity index (χ1) is 14.5. The Morgan fingerprint density at radius 2 is 1.43 bits per heavy atom. The van der Waals surface area contributed by atoms with Crippen LogP contribution in [0.4, 0.5) is 0 Å². The molecule has 4 heteroatoms. The van der Waals surface area contributed by atoms with E-state index in [4.69, 9.17) is 0 Å². The molecule has 3 nitrogen and oxygen atoms in total. The summed E-state index contributed by atoms with van der Waals surface area (Å²) in [5.74, 6) is 0. The van der Waals surface area contributed by atoms with Crippen molar-refractivity contribution in [1.82, 2.24) is 4.31 Å². The summed E-state index contributed by atoms with van der Waals surface area (Å²) >= 11 is 0. The van der Waals surface area contributed by atoms with Crippen molar-refractivity contribution in [2.45, 2.75) is 30.8 Å². The summed E-state index contributed by atoms with van der Waals surface area (Å²) < 4.78 is 29.0. The summed E-state index contributed by atoms with van der Waals surface area (Å²) in [5, 5.41) is 2.28. The maximum Gasteiger partial charge on any atom is 0.243 e. The lowest BCUT2D eigenvalue weighted by molar-refractivity contribution is 0.296. The Bertz CT molecular complexity index is 1330. The van der Waals surface area contributed by atoms with Gasteiger partial charge < -0.3 is 0 Å². The van der Waals surface area contributed by atoms with Crippen LogP contribution in [0.5, 0.6) is 0 Å². The molecule has 0 N–H and O–H groups in total. The second-order valence-electron chi connectivity index (χ2n) is 7.96. The second-order valence-corrected chi connectivity index (χ2v) is 9.85. The Hall–Kier alpha value is -2.95. The van der Waals surface area contributed by atoms with E-state index in [2.05, 4.69) is 36.4 Å². The quantitative estimate of drug-likeness (QED) is 0.436. The van der Waals surface area contributed by atoms with Crippen LogP contribution >= 0.6 is 0 Å². The molecule has 0 radical (unpaired) electrons. The molecule has 1 aliphatic heterocycles. The van der Waals surface area contributed by atoms with Gasteiger partial charge in [0.2, 0.25) is 10.0 Å². The highest BCUT2D eigenvalue weighted by Crippen LogP contribution is 2.38. The zero-order chi connectivity index (χ0) is 20.7. The highest BCUT2D eigenvalue weighted by atomic mass is 32.2. The van der Waals surface area contributed by atoms with Crippen molar-refractivity contribution < 1.29 is 8.42 Å². The Morgan fingerprint density at radius 3 is 2.20 bits per heavy atom. The Balaban J connectivity index is 1.64. The van der Waals surface area contributed by atoms with Gasteiger partial charge in [0.25, 0.3) is 0 Å². The normalized spacial score (nSPS) is 17.0. The third kappa shape index (κ3) is 3.32. The summed E-state index contributed by atoms with van der Waals surface area (Å²) in [4.78, 5) is 0.346. The Kier molecular flexibility index (Phi) is 4.69. The SMILES string of the molecule is Cc1ccc(S(=O)(=O)N2Cc3ccccc3CC2c2ccc3ccccc3c2)cc1. The van der Waals surface area contributed by atoms with Crippen LogP contribution < -0.4 is 0 Å². The van der Waals surface area contributed by atoms with E-state index in [-0.39, 0.29) is 6.04 Å². The summed E-state index contributed by atoms with van der Waals surface area (Å²) in [5.41, 5.74) is 4.36. The van der Waals surface area contributed by atoms with Crippen LogP contribution in [0.1, 0.15) is 28.3 Å². The molecule has 0 spiro atoms. The minimum atomic E-state index is -3.64. The highest BCUT2D eigenvalue weighted by molar-refractivity contribution is 7.89. The smallest absolute Gasteiger partial charge is 0.207 e. The molecule has 30 heavy (non-hydrogen) atoms. The first kappa shape index (κ1) is 19.0. The van der Waals surface area contributed by atoms with Crippen LogP contribution in [0.2, 0.25) is 0 Å². The molecule has 0 fully saturated rings. The highest BCUT2D eigenvalue weighted by Gasteiger charge is 2.36. The fourth-order valence-electron chi connectivity index (χ4n) is 4.30. The molecule has 1 atom stereocenters. The van der Waals surface area contributed by atoms with Crippen LogP contribution in [-0.4, -0.2) is 12.7 Å². The largest absolute Gasteiger partial charge is 0.243 e. The number of sulfonamides is 1. The average Bonchev–Trinajstić information content (AvgIpc) is 2.78. The first-order valence-corrected chi connectivity index (χ1v) is 11.6. The Labute approximate surface area is 177 Å². The van der Waals surface area contributed by atoms with E-state index in [1.165, 1.54) is 5.56 Å². The summed E-state index contributed by atoms with van der Waals surface area (Å²) in [6.07, 6.45) is 0.666. The van der Waals surface area contributed by atoms with Gasteiger partial charge in [0.15, 0.2) is 0 Å². The molecule has 1 heterocycles. The number of fused-ring (bicyclic) bond motifs is 2. The van der Waals surface area contributed by atoms with Crippen LogP contribution in [0.3, 0.4) is 0 Å². The molecule has 5 rings (SSSR count). The number of hydrogen-bond acceptors (Lipinski definition) is 2. The summed E-state index contributed by atoms with van der Waals surface area (Å²) in [6.45, 7) is 2.34. The van der Waals surface area contributed by atoms with Gasteiger partial charge >= 0.3 is 0 Å². The molecule has 0 aliphatic carbocycles. The summed E-state index contributed by atoms with van der Waals surface area (Å²) in [6, 6.07) is 29.5. The predicted molar refractivity (Wildman–Crippen MR) is 121 cm³/mol. The lowest BCUT2D eigenvalue weighted by Gasteiger charge is -2.36. The van der Waals surface area contributed by atoms with Crippen LogP contribution in [0.15, 0.2) is 95.9 Å². The van der Waals surface area contributed by atoms with Crippen molar-refractivity contribution in [2.75, 3.05) is 0 Å². The monoisotopic (exact) mass is 413 g/mol. The van der Waals surface area contributed by atoms with Crippen molar-refractivity contribution >= 4 is 20.8 Å². The predicted octanol–water partition coefficient (Wildman–Crippen LogP) is 5.64. The van der Waals surface area contributed by atoms with Gasteiger partial charge in [-0.2, -0.15) is 4.31 Å². The number of hydrogen-bond donors (Lipinski definition) is 0. The minimum Gasteiger partial charge on any atom is -0.207 e. The van der Waals surface area contributed by atoms with Crippen LogP contribution in [0.25, 0.3) is 10.8 Å². The Morgan fingerprint density at radius 1 is 0.767 bits per heavy atom. The third-order valence-corrected chi connectivity index (χ3v) is 7.86. The van der Waals surface area contributed by atoms with E-state index < -0.39 is 10.0 Å². The van der Waals surface area contributed by atoms with Crippen LogP contribution in [-0.2, 0) is 23.0 Å². The third-order valence-electron chi connectivity index (χ3n) is 5.99. The molecule has 0 saturated heterocycles. The van der Waals surface area contributed by atoms with Crippen LogP contribution in [0, 0.1) is 6.92 Å². The van der Waals surface area contributed by atoms with Gasteiger partial charge in [0.1, 0.15) is 0 Å². The van der Waals surface area contributed by atoms with Crippen molar-refractivity contribution in [3.05, 3.63) is 113 Å². The topological polar surface area (TPSA) is 37.4 Å². The van der Waals surface area contributed by atoms with E-state index in [1.54, 1.807) is 16.4 Å². The summed E-state index contributed by atoms with van der Waals surface area (Å²) in [7, 11) is -3.64. The van der Waals surface area contributed by atoms with Crippen molar-refractivity contribution in [1.29, 1.82) is 0 Å². The van der Waals surface area contributed by atoms with Crippen molar-refractivity contribution in [3.63, 3.8) is 0 Å². The molecule has 1 aliphatic rings. The van der Waals surface area contributed by atoms with Gasteiger partial charge in [0, 0.05) is 6.54 Å². The average molecular weight is 414 g/mol. The number of aryl methyl sites for hydroxylation is 1. The lowest BCUT2D eigenvalue weighted by atomic mass is 9.91. The van der Waals surface area contributed by atoms with Crippen molar-refractivity contribution in [2.24, 2.45) is 0 Å². The zero-order valence-corrected chi connectivity index (χ0v) is 17.6. The lowest BCUT2D eigenvalue weighted by Crippen LogP contribution is -2.38. The molecular formula is C26H23NO2S.